The fourth-order valence-electron chi connectivity index (χ4n) is 3.16. The van der Waals surface area contributed by atoms with Crippen LogP contribution in [0.1, 0.15) is 16.7 Å². The Bertz CT molecular complexity index is 936. The van der Waals surface area contributed by atoms with E-state index in [0.717, 1.165) is 28.1 Å². The number of hydrogen-bond acceptors (Lipinski definition) is 4. The number of rotatable bonds is 5. The Morgan fingerprint density at radius 1 is 0.923 bits per heavy atom. The van der Waals surface area contributed by atoms with E-state index in [1.165, 1.54) is 0 Å². The summed E-state index contributed by atoms with van der Waals surface area (Å²) in [6.07, 6.45) is 2.13. The van der Waals surface area contributed by atoms with E-state index in [1.807, 2.05) is 72.8 Å². The number of nitrogens with two attached hydrogens (primary N) is 1. The molecule has 0 amide bonds. The van der Waals surface area contributed by atoms with Crippen molar-refractivity contribution in [3.63, 3.8) is 0 Å². The molecule has 130 valence electrons. The Hall–Kier alpha value is -3.11. The van der Waals surface area contributed by atoms with Gasteiger partial charge in [0.1, 0.15) is 18.0 Å². The van der Waals surface area contributed by atoms with Crippen LogP contribution in [-0.4, -0.2) is 11.3 Å². The van der Waals surface area contributed by atoms with Crippen LogP contribution in [0.25, 0.3) is 0 Å². The predicted molar refractivity (Wildman–Crippen MR) is 104 cm³/mol. The summed E-state index contributed by atoms with van der Waals surface area (Å²) >= 11 is 0. The number of fused-ring (bicyclic) bond motifs is 1. The van der Waals surface area contributed by atoms with Gasteiger partial charge >= 0.3 is 0 Å². The molecule has 1 unspecified atom stereocenters. The molecule has 0 fully saturated rings. The monoisotopic (exact) mass is 344 g/mol. The SMILES string of the molecule is Nc1ccc(OCc2ccc3c(c2)C(O)(Cc2ccccc2)C=N3)cc1. The average molecular weight is 344 g/mol. The highest BCUT2D eigenvalue weighted by Crippen LogP contribution is 2.38. The van der Waals surface area contributed by atoms with Crippen molar-refractivity contribution in [2.45, 2.75) is 18.6 Å². The molecule has 4 nitrogen and oxygen atoms in total. The summed E-state index contributed by atoms with van der Waals surface area (Å²) in [6, 6.07) is 23.1. The summed E-state index contributed by atoms with van der Waals surface area (Å²) in [4.78, 5) is 4.39. The van der Waals surface area contributed by atoms with E-state index in [2.05, 4.69) is 4.99 Å². The van der Waals surface area contributed by atoms with Gasteiger partial charge in [-0.25, -0.2) is 0 Å². The summed E-state index contributed by atoms with van der Waals surface area (Å²) in [6.45, 7) is 0.415. The van der Waals surface area contributed by atoms with Crippen LogP contribution in [-0.2, 0) is 18.6 Å². The molecule has 0 radical (unpaired) electrons. The molecule has 1 heterocycles. The Morgan fingerprint density at radius 2 is 1.69 bits per heavy atom. The molecule has 0 spiro atoms. The van der Waals surface area contributed by atoms with Crippen LogP contribution in [0, 0.1) is 0 Å². The van der Waals surface area contributed by atoms with Crippen molar-refractivity contribution in [3.8, 4) is 5.75 Å². The number of nitrogen functional groups attached to an aromatic ring is 1. The van der Waals surface area contributed by atoms with Gasteiger partial charge in [-0.3, -0.25) is 4.99 Å². The Labute approximate surface area is 152 Å². The second kappa shape index (κ2) is 6.65. The van der Waals surface area contributed by atoms with E-state index >= 15 is 0 Å². The topological polar surface area (TPSA) is 67.8 Å². The van der Waals surface area contributed by atoms with Crippen LogP contribution in [0.5, 0.6) is 5.75 Å². The maximum Gasteiger partial charge on any atom is 0.131 e. The molecular weight excluding hydrogens is 324 g/mol. The van der Waals surface area contributed by atoms with Gasteiger partial charge in [0, 0.05) is 23.9 Å². The number of benzene rings is 3. The van der Waals surface area contributed by atoms with Gasteiger partial charge < -0.3 is 15.6 Å². The number of anilines is 1. The first-order valence-electron chi connectivity index (χ1n) is 8.56. The molecule has 0 aliphatic carbocycles. The van der Waals surface area contributed by atoms with Crippen molar-refractivity contribution in [2.24, 2.45) is 4.99 Å². The lowest BCUT2D eigenvalue weighted by Gasteiger charge is -2.22. The standard InChI is InChI=1S/C22H20N2O2/c23-18-7-9-19(10-8-18)26-14-17-6-11-21-20(12-17)22(25,15-24-21)13-16-4-2-1-3-5-16/h1-12,15,25H,13-14,23H2. The highest BCUT2D eigenvalue weighted by Gasteiger charge is 2.34. The van der Waals surface area contributed by atoms with Crippen molar-refractivity contribution in [2.75, 3.05) is 5.73 Å². The quantitative estimate of drug-likeness (QED) is 0.688. The molecule has 0 bridgehead atoms. The molecule has 4 heteroatoms. The predicted octanol–water partition coefficient (Wildman–Crippen LogP) is 3.99. The highest BCUT2D eigenvalue weighted by atomic mass is 16.5. The third-order valence-corrected chi connectivity index (χ3v) is 4.55. The minimum atomic E-state index is -1.09. The fraction of sp³-hybridized carbons (Fsp3) is 0.136. The molecule has 1 aliphatic heterocycles. The average Bonchev–Trinajstić information content (AvgIpc) is 2.98. The van der Waals surface area contributed by atoms with Gasteiger partial charge in [-0.05, 0) is 47.5 Å². The van der Waals surface area contributed by atoms with E-state index in [0.29, 0.717) is 18.7 Å². The van der Waals surface area contributed by atoms with Gasteiger partial charge in [-0.15, -0.1) is 0 Å². The van der Waals surface area contributed by atoms with E-state index in [1.54, 1.807) is 6.21 Å². The largest absolute Gasteiger partial charge is 0.489 e. The molecule has 0 saturated carbocycles. The molecule has 3 N–H and O–H groups in total. The van der Waals surface area contributed by atoms with Gasteiger partial charge in [0.2, 0.25) is 0 Å². The van der Waals surface area contributed by atoms with Gasteiger partial charge in [0.15, 0.2) is 0 Å². The molecule has 26 heavy (non-hydrogen) atoms. The highest BCUT2D eigenvalue weighted by molar-refractivity contribution is 5.83. The molecule has 4 rings (SSSR count). The first kappa shape index (κ1) is 16.4. The van der Waals surface area contributed by atoms with E-state index in [4.69, 9.17) is 10.5 Å². The van der Waals surface area contributed by atoms with E-state index < -0.39 is 5.60 Å². The van der Waals surface area contributed by atoms with Gasteiger partial charge in [0.25, 0.3) is 0 Å². The van der Waals surface area contributed by atoms with E-state index in [-0.39, 0.29) is 0 Å². The van der Waals surface area contributed by atoms with E-state index in [9.17, 15) is 5.11 Å². The Kier molecular flexibility index (Phi) is 4.19. The summed E-state index contributed by atoms with van der Waals surface area (Å²) in [5.74, 6) is 0.760. The first-order valence-corrected chi connectivity index (χ1v) is 8.56. The van der Waals surface area contributed by atoms with Crippen molar-refractivity contribution in [3.05, 3.63) is 89.5 Å². The van der Waals surface area contributed by atoms with Crippen LogP contribution in [0.3, 0.4) is 0 Å². The molecule has 1 aliphatic rings. The molecular formula is C22H20N2O2. The zero-order valence-electron chi connectivity index (χ0n) is 14.3. The molecule has 3 aromatic rings. The Balaban J connectivity index is 1.53. The lowest BCUT2D eigenvalue weighted by molar-refractivity contribution is 0.121. The zero-order valence-corrected chi connectivity index (χ0v) is 14.3. The van der Waals surface area contributed by atoms with Crippen molar-refractivity contribution in [1.82, 2.24) is 0 Å². The van der Waals surface area contributed by atoms with Crippen molar-refractivity contribution in [1.29, 1.82) is 0 Å². The summed E-state index contributed by atoms with van der Waals surface area (Å²) in [5.41, 5.74) is 8.98. The molecule has 0 aromatic heterocycles. The maximum atomic E-state index is 11.1. The van der Waals surface area contributed by atoms with Crippen LogP contribution in [0.2, 0.25) is 0 Å². The van der Waals surface area contributed by atoms with Crippen LogP contribution < -0.4 is 10.5 Å². The molecule has 1 atom stereocenters. The smallest absolute Gasteiger partial charge is 0.131 e. The van der Waals surface area contributed by atoms with Crippen LogP contribution >= 0.6 is 0 Å². The number of nitrogens with zero attached hydrogens (tertiary/aromatic N) is 1. The van der Waals surface area contributed by atoms with Crippen molar-refractivity contribution < 1.29 is 9.84 Å². The van der Waals surface area contributed by atoms with Crippen molar-refractivity contribution >= 4 is 17.6 Å². The normalized spacial score (nSPS) is 17.9. The van der Waals surface area contributed by atoms with Crippen LogP contribution in [0.15, 0.2) is 77.8 Å². The van der Waals surface area contributed by atoms with Gasteiger partial charge in [-0.1, -0.05) is 36.4 Å². The number of ether oxygens (including phenoxy) is 1. The van der Waals surface area contributed by atoms with Crippen LogP contribution in [0.4, 0.5) is 11.4 Å². The maximum absolute atomic E-state index is 11.1. The number of hydrogen-bond donors (Lipinski definition) is 2. The third-order valence-electron chi connectivity index (χ3n) is 4.55. The van der Waals surface area contributed by atoms with Gasteiger partial charge in [0.05, 0.1) is 5.69 Å². The summed E-state index contributed by atoms with van der Waals surface area (Å²) < 4.78 is 5.82. The van der Waals surface area contributed by atoms with Gasteiger partial charge in [-0.2, -0.15) is 0 Å². The first-order chi connectivity index (χ1) is 12.6. The minimum Gasteiger partial charge on any atom is -0.489 e. The summed E-state index contributed by atoms with van der Waals surface area (Å²) in [7, 11) is 0. The fourth-order valence-corrected chi connectivity index (χ4v) is 3.16. The number of aliphatic imine (C=N–C) groups is 1. The Morgan fingerprint density at radius 3 is 2.46 bits per heavy atom. The second-order valence-corrected chi connectivity index (χ2v) is 6.55. The lowest BCUT2D eigenvalue weighted by atomic mass is 9.88. The lowest BCUT2D eigenvalue weighted by Crippen LogP contribution is -2.28. The number of aliphatic hydroxyl groups is 1. The molecule has 3 aromatic carbocycles. The second-order valence-electron chi connectivity index (χ2n) is 6.55. The zero-order chi connectivity index (χ0) is 18.0. The third kappa shape index (κ3) is 3.32. The minimum absolute atomic E-state index is 0.415. The molecule has 0 saturated heterocycles. The summed E-state index contributed by atoms with van der Waals surface area (Å²) in [5, 5.41) is 11.1.